The Bertz CT molecular complexity index is 468. The molecule has 5 nitrogen and oxygen atoms in total. The standard InChI is InChI=1S/C16H25N3O2S/c1-2-17-15(20)16(21)18-11-14(13-7-10-22-12-13)19-8-5-3-4-6-9-19/h7,10,12,14H,2-6,8-9,11H2,1H3,(H,17,20)(H,18,21). The molecule has 0 aliphatic carbocycles. The van der Waals surface area contributed by atoms with Crippen molar-refractivity contribution in [2.75, 3.05) is 26.2 Å². The number of likely N-dealkylation sites (tertiary alicyclic amines) is 1. The molecule has 2 heterocycles. The van der Waals surface area contributed by atoms with E-state index in [1.807, 2.05) is 0 Å². The van der Waals surface area contributed by atoms with Crippen LogP contribution in [-0.2, 0) is 9.59 Å². The lowest BCUT2D eigenvalue weighted by Crippen LogP contribution is -2.44. The first-order valence-electron chi connectivity index (χ1n) is 8.04. The van der Waals surface area contributed by atoms with Gasteiger partial charge in [-0.15, -0.1) is 0 Å². The average molecular weight is 323 g/mol. The molecule has 0 spiro atoms. The molecule has 0 aromatic carbocycles. The molecule has 2 N–H and O–H groups in total. The van der Waals surface area contributed by atoms with Crippen LogP contribution in [0, 0.1) is 0 Å². The van der Waals surface area contributed by atoms with E-state index in [1.165, 1.54) is 31.2 Å². The van der Waals surface area contributed by atoms with Crippen LogP contribution in [0.4, 0.5) is 0 Å². The Hall–Kier alpha value is -1.40. The summed E-state index contributed by atoms with van der Waals surface area (Å²) in [5, 5.41) is 9.51. The van der Waals surface area contributed by atoms with Gasteiger partial charge in [0.25, 0.3) is 0 Å². The Balaban J connectivity index is 1.99. The monoisotopic (exact) mass is 323 g/mol. The van der Waals surface area contributed by atoms with E-state index < -0.39 is 11.8 Å². The van der Waals surface area contributed by atoms with Crippen LogP contribution >= 0.6 is 11.3 Å². The van der Waals surface area contributed by atoms with Gasteiger partial charge in [0.1, 0.15) is 0 Å². The molecule has 1 fully saturated rings. The highest BCUT2D eigenvalue weighted by Crippen LogP contribution is 2.25. The van der Waals surface area contributed by atoms with E-state index >= 15 is 0 Å². The molecule has 1 atom stereocenters. The van der Waals surface area contributed by atoms with Crippen molar-refractivity contribution < 1.29 is 9.59 Å². The number of likely N-dealkylation sites (N-methyl/N-ethyl adjacent to an activating group) is 1. The second-order valence-corrected chi connectivity index (χ2v) is 6.37. The maximum Gasteiger partial charge on any atom is 0.309 e. The molecule has 1 aromatic heterocycles. The number of nitrogens with one attached hydrogen (secondary N) is 2. The van der Waals surface area contributed by atoms with Gasteiger partial charge in [-0.05, 0) is 55.2 Å². The van der Waals surface area contributed by atoms with Crippen LogP contribution in [0.2, 0.25) is 0 Å². The van der Waals surface area contributed by atoms with Gasteiger partial charge >= 0.3 is 11.8 Å². The molecule has 0 bridgehead atoms. The van der Waals surface area contributed by atoms with Gasteiger partial charge < -0.3 is 10.6 Å². The van der Waals surface area contributed by atoms with Gasteiger partial charge in [0, 0.05) is 13.1 Å². The van der Waals surface area contributed by atoms with Crippen molar-refractivity contribution in [2.45, 2.75) is 38.6 Å². The van der Waals surface area contributed by atoms with Gasteiger partial charge in [-0.2, -0.15) is 11.3 Å². The number of amides is 2. The van der Waals surface area contributed by atoms with E-state index in [4.69, 9.17) is 0 Å². The van der Waals surface area contributed by atoms with Crippen molar-refractivity contribution in [1.82, 2.24) is 15.5 Å². The summed E-state index contributed by atoms with van der Waals surface area (Å²) in [6, 6.07) is 2.26. The zero-order valence-electron chi connectivity index (χ0n) is 13.1. The van der Waals surface area contributed by atoms with E-state index in [2.05, 4.69) is 32.4 Å². The third kappa shape index (κ3) is 4.81. The fraction of sp³-hybridized carbons (Fsp3) is 0.625. The van der Waals surface area contributed by atoms with Crippen LogP contribution in [0.3, 0.4) is 0 Å². The third-order valence-corrected chi connectivity index (χ3v) is 4.71. The number of carbonyl (C=O) groups excluding carboxylic acids is 2. The number of carbonyl (C=O) groups is 2. The summed E-state index contributed by atoms with van der Waals surface area (Å²) >= 11 is 1.67. The molecule has 22 heavy (non-hydrogen) atoms. The van der Waals surface area contributed by atoms with Crippen molar-refractivity contribution in [3.63, 3.8) is 0 Å². The Labute approximate surface area is 136 Å². The lowest BCUT2D eigenvalue weighted by atomic mass is 10.1. The summed E-state index contributed by atoms with van der Waals surface area (Å²) in [4.78, 5) is 25.8. The highest BCUT2D eigenvalue weighted by molar-refractivity contribution is 7.07. The zero-order valence-corrected chi connectivity index (χ0v) is 14.0. The van der Waals surface area contributed by atoms with Crippen LogP contribution < -0.4 is 10.6 Å². The molecule has 1 aliphatic rings. The van der Waals surface area contributed by atoms with Gasteiger partial charge in [0.15, 0.2) is 0 Å². The molecular formula is C16H25N3O2S. The number of hydrogen-bond acceptors (Lipinski definition) is 4. The summed E-state index contributed by atoms with van der Waals surface area (Å²) in [5.74, 6) is -1.10. The highest BCUT2D eigenvalue weighted by Gasteiger charge is 2.23. The maximum absolute atomic E-state index is 11.8. The lowest BCUT2D eigenvalue weighted by Gasteiger charge is -2.30. The van der Waals surface area contributed by atoms with Gasteiger partial charge in [0.05, 0.1) is 6.04 Å². The predicted molar refractivity (Wildman–Crippen MR) is 88.8 cm³/mol. The van der Waals surface area contributed by atoms with Crippen molar-refractivity contribution >= 4 is 23.2 Å². The molecule has 6 heteroatoms. The van der Waals surface area contributed by atoms with Gasteiger partial charge in [-0.3, -0.25) is 14.5 Å². The van der Waals surface area contributed by atoms with Crippen molar-refractivity contribution in [1.29, 1.82) is 0 Å². The Morgan fingerprint density at radius 2 is 1.86 bits per heavy atom. The first-order chi connectivity index (χ1) is 10.7. The van der Waals surface area contributed by atoms with Crippen LogP contribution in [0.5, 0.6) is 0 Å². The number of nitrogens with zero attached hydrogens (tertiary/aromatic N) is 1. The molecule has 0 radical (unpaired) electrons. The summed E-state index contributed by atoms with van der Waals surface area (Å²) < 4.78 is 0. The quantitative estimate of drug-likeness (QED) is 0.814. The molecule has 1 saturated heterocycles. The molecule has 2 amide bonds. The van der Waals surface area contributed by atoms with E-state index in [0.29, 0.717) is 13.1 Å². The molecule has 2 rings (SSSR count). The minimum absolute atomic E-state index is 0.155. The summed E-state index contributed by atoms with van der Waals surface area (Å²) in [5.41, 5.74) is 1.23. The van der Waals surface area contributed by atoms with Crippen LogP contribution in [0.25, 0.3) is 0 Å². The molecule has 1 unspecified atom stereocenters. The van der Waals surface area contributed by atoms with Gasteiger partial charge in [-0.1, -0.05) is 12.8 Å². The normalized spacial score (nSPS) is 17.5. The molecule has 1 aromatic rings. The third-order valence-electron chi connectivity index (χ3n) is 4.01. The summed E-state index contributed by atoms with van der Waals surface area (Å²) in [7, 11) is 0. The maximum atomic E-state index is 11.8. The van der Waals surface area contributed by atoms with Crippen molar-refractivity contribution in [3.8, 4) is 0 Å². The number of hydrogen-bond donors (Lipinski definition) is 2. The second-order valence-electron chi connectivity index (χ2n) is 5.59. The van der Waals surface area contributed by atoms with E-state index in [9.17, 15) is 9.59 Å². The fourth-order valence-corrected chi connectivity index (χ4v) is 3.55. The molecule has 122 valence electrons. The minimum atomic E-state index is -0.553. The van der Waals surface area contributed by atoms with Gasteiger partial charge in [0.2, 0.25) is 0 Å². The first-order valence-corrected chi connectivity index (χ1v) is 8.98. The number of thiophene rings is 1. The van der Waals surface area contributed by atoms with Crippen LogP contribution in [0.1, 0.15) is 44.2 Å². The average Bonchev–Trinajstić information content (AvgIpc) is 2.90. The molecule has 0 saturated carbocycles. The molecule has 1 aliphatic heterocycles. The number of rotatable bonds is 5. The summed E-state index contributed by atoms with van der Waals surface area (Å²) in [6.07, 6.45) is 4.95. The van der Waals surface area contributed by atoms with Crippen molar-refractivity contribution in [3.05, 3.63) is 22.4 Å². The largest absolute Gasteiger partial charge is 0.348 e. The van der Waals surface area contributed by atoms with Crippen molar-refractivity contribution in [2.24, 2.45) is 0 Å². The van der Waals surface area contributed by atoms with E-state index in [1.54, 1.807) is 18.3 Å². The Morgan fingerprint density at radius 3 is 2.45 bits per heavy atom. The van der Waals surface area contributed by atoms with Crippen LogP contribution in [-0.4, -0.2) is 42.9 Å². The minimum Gasteiger partial charge on any atom is -0.348 e. The molecular weight excluding hydrogens is 298 g/mol. The second kappa shape index (κ2) is 8.90. The fourth-order valence-electron chi connectivity index (χ4n) is 2.84. The SMILES string of the molecule is CCNC(=O)C(=O)NCC(c1ccsc1)N1CCCCCC1. The topological polar surface area (TPSA) is 61.4 Å². The Morgan fingerprint density at radius 1 is 1.18 bits per heavy atom. The smallest absolute Gasteiger partial charge is 0.309 e. The Kier molecular flexibility index (Phi) is 6.86. The summed E-state index contributed by atoms with van der Waals surface area (Å²) in [6.45, 7) is 4.85. The lowest BCUT2D eigenvalue weighted by molar-refractivity contribution is -0.139. The van der Waals surface area contributed by atoms with E-state index in [-0.39, 0.29) is 6.04 Å². The predicted octanol–water partition coefficient (Wildman–Crippen LogP) is 1.92. The van der Waals surface area contributed by atoms with Gasteiger partial charge in [-0.25, -0.2) is 0 Å². The first kappa shape index (κ1) is 17.0. The highest BCUT2D eigenvalue weighted by atomic mass is 32.1. The zero-order chi connectivity index (χ0) is 15.8. The van der Waals surface area contributed by atoms with Crippen LogP contribution in [0.15, 0.2) is 16.8 Å². The van der Waals surface area contributed by atoms with E-state index in [0.717, 1.165) is 13.1 Å².